The lowest BCUT2D eigenvalue weighted by atomic mass is 10.1. The number of hydrogen-bond acceptors (Lipinski definition) is 6. The number of aromatic nitrogens is 4. The van der Waals surface area contributed by atoms with Crippen LogP contribution in [-0.2, 0) is 0 Å². The first-order chi connectivity index (χ1) is 12.1. The van der Waals surface area contributed by atoms with Crippen LogP contribution in [0.2, 0.25) is 0 Å². The van der Waals surface area contributed by atoms with Gasteiger partial charge in [0.2, 0.25) is 11.8 Å². The van der Waals surface area contributed by atoms with E-state index in [2.05, 4.69) is 44.1 Å². The Labute approximate surface area is 145 Å². The van der Waals surface area contributed by atoms with Gasteiger partial charge in [0.05, 0.1) is 12.4 Å². The smallest absolute Gasteiger partial charge is 0.388 e. The largest absolute Gasteiger partial charge is 0.473 e. The van der Waals surface area contributed by atoms with E-state index in [1.165, 1.54) is 12.3 Å². The summed E-state index contributed by atoms with van der Waals surface area (Å²) < 4.78 is 34.4. The van der Waals surface area contributed by atoms with E-state index in [1.807, 2.05) is 0 Å². The molecule has 0 aliphatic rings. The average Bonchev–Trinajstić information content (AvgIpc) is 2.99. The molecule has 0 fully saturated rings. The highest BCUT2D eigenvalue weighted by Crippen LogP contribution is 2.21. The molecule has 25 heavy (non-hydrogen) atoms. The number of nitrogens with zero attached hydrogens (tertiary/aromatic N) is 3. The monoisotopic (exact) mass is 355 g/mol. The lowest BCUT2D eigenvalue weighted by molar-refractivity contribution is -0.0528. The zero-order valence-corrected chi connectivity index (χ0v) is 14.3. The molecule has 0 amide bonds. The number of rotatable bonds is 11. The number of nitrogens with one attached hydrogen (secondary N) is 2. The van der Waals surface area contributed by atoms with Gasteiger partial charge < -0.3 is 14.8 Å². The number of ether oxygens (including phenoxy) is 2. The fourth-order valence-electron chi connectivity index (χ4n) is 2.31. The molecule has 1 atom stereocenters. The third kappa shape index (κ3) is 6.52. The first-order valence-corrected chi connectivity index (χ1v) is 8.36. The summed E-state index contributed by atoms with van der Waals surface area (Å²) in [4.78, 5) is 8.43. The summed E-state index contributed by atoms with van der Waals surface area (Å²) in [7, 11) is 0. The molecule has 138 valence electrons. The van der Waals surface area contributed by atoms with E-state index >= 15 is 0 Å². The van der Waals surface area contributed by atoms with Crippen LogP contribution in [0.3, 0.4) is 0 Å². The standard InChI is InChI=1S/C16H23F2N5O2/c1-3-5-7-11(6-4-2)24-15-10-19-9-13(21-15)20-12-8-14(23-22-12)25-16(17)18/h8-11,16H,3-7H2,1-2H3,(H2,20,21,22,23). The van der Waals surface area contributed by atoms with Crippen molar-refractivity contribution in [3.8, 4) is 11.8 Å². The van der Waals surface area contributed by atoms with Crippen molar-refractivity contribution in [2.45, 2.75) is 58.7 Å². The molecule has 0 aliphatic carbocycles. The summed E-state index contributed by atoms with van der Waals surface area (Å²) >= 11 is 0. The number of alkyl halides is 2. The normalized spacial score (nSPS) is 12.2. The first-order valence-electron chi connectivity index (χ1n) is 8.36. The van der Waals surface area contributed by atoms with E-state index in [9.17, 15) is 8.78 Å². The van der Waals surface area contributed by atoms with E-state index in [-0.39, 0.29) is 12.0 Å². The maximum absolute atomic E-state index is 12.1. The fourth-order valence-corrected chi connectivity index (χ4v) is 2.31. The number of H-pyrrole nitrogens is 1. The van der Waals surface area contributed by atoms with Crippen molar-refractivity contribution >= 4 is 11.6 Å². The van der Waals surface area contributed by atoms with Gasteiger partial charge in [0.25, 0.3) is 0 Å². The molecule has 0 saturated heterocycles. The SMILES string of the molecule is CCCCC(CCC)Oc1cncc(Nc2cc(OC(F)F)n[nH]2)n1. The molecule has 2 aromatic heterocycles. The summed E-state index contributed by atoms with van der Waals surface area (Å²) in [5.41, 5.74) is 0. The molecule has 0 saturated carbocycles. The van der Waals surface area contributed by atoms with Crippen LogP contribution in [0.25, 0.3) is 0 Å². The van der Waals surface area contributed by atoms with Gasteiger partial charge in [-0.1, -0.05) is 33.1 Å². The number of unbranched alkanes of at least 4 members (excludes halogenated alkanes) is 1. The van der Waals surface area contributed by atoms with E-state index in [1.54, 1.807) is 6.20 Å². The summed E-state index contributed by atoms with van der Waals surface area (Å²) in [5, 5.41) is 9.04. The molecule has 2 heterocycles. The van der Waals surface area contributed by atoms with Crippen molar-refractivity contribution in [3.05, 3.63) is 18.5 Å². The third-order valence-electron chi connectivity index (χ3n) is 3.42. The molecule has 1 unspecified atom stereocenters. The first kappa shape index (κ1) is 18.9. The van der Waals surface area contributed by atoms with Gasteiger partial charge in [0.1, 0.15) is 11.9 Å². The summed E-state index contributed by atoms with van der Waals surface area (Å²) in [5.74, 6) is 0.984. The van der Waals surface area contributed by atoms with Gasteiger partial charge in [-0.25, -0.2) is 0 Å². The zero-order valence-electron chi connectivity index (χ0n) is 14.3. The van der Waals surface area contributed by atoms with Crippen molar-refractivity contribution in [1.29, 1.82) is 0 Å². The van der Waals surface area contributed by atoms with Crippen LogP contribution in [0, 0.1) is 0 Å². The van der Waals surface area contributed by atoms with Gasteiger partial charge in [0, 0.05) is 6.07 Å². The minimum atomic E-state index is -2.92. The van der Waals surface area contributed by atoms with Gasteiger partial charge >= 0.3 is 6.61 Å². The van der Waals surface area contributed by atoms with Crippen molar-refractivity contribution in [1.82, 2.24) is 20.2 Å². The lowest BCUT2D eigenvalue weighted by Crippen LogP contribution is -2.17. The molecule has 0 bridgehead atoms. The Balaban J connectivity index is 1.98. The predicted octanol–water partition coefficient (Wildman–Crippen LogP) is 4.28. The molecule has 0 aliphatic heterocycles. The van der Waals surface area contributed by atoms with Crippen LogP contribution in [0.15, 0.2) is 18.5 Å². The van der Waals surface area contributed by atoms with Gasteiger partial charge in [-0.15, -0.1) is 5.10 Å². The van der Waals surface area contributed by atoms with E-state index < -0.39 is 6.61 Å². The molecule has 0 radical (unpaired) electrons. The quantitative estimate of drug-likeness (QED) is 0.626. The second-order valence-corrected chi connectivity index (χ2v) is 5.54. The van der Waals surface area contributed by atoms with Crippen LogP contribution in [0.4, 0.5) is 20.4 Å². The Morgan fingerprint density at radius 2 is 1.96 bits per heavy atom. The second-order valence-electron chi connectivity index (χ2n) is 5.54. The molecule has 2 rings (SSSR count). The van der Waals surface area contributed by atoms with Gasteiger partial charge in [-0.2, -0.15) is 13.8 Å². The maximum Gasteiger partial charge on any atom is 0.388 e. The Hall–Kier alpha value is -2.45. The van der Waals surface area contributed by atoms with E-state index in [0.29, 0.717) is 17.5 Å². The van der Waals surface area contributed by atoms with Crippen LogP contribution >= 0.6 is 0 Å². The molecule has 9 heteroatoms. The molecule has 7 nitrogen and oxygen atoms in total. The van der Waals surface area contributed by atoms with Gasteiger partial charge in [-0.05, 0) is 12.8 Å². The average molecular weight is 355 g/mol. The van der Waals surface area contributed by atoms with Crippen molar-refractivity contribution < 1.29 is 18.3 Å². The minimum absolute atomic E-state index is 0.104. The number of hydrogen-bond donors (Lipinski definition) is 2. The Morgan fingerprint density at radius 1 is 1.12 bits per heavy atom. The van der Waals surface area contributed by atoms with Crippen LogP contribution < -0.4 is 14.8 Å². The molecule has 0 aromatic carbocycles. The van der Waals surface area contributed by atoms with Crippen LogP contribution in [-0.4, -0.2) is 32.9 Å². The van der Waals surface area contributed by atoms with Crippen molar-refractivity contribution in [3.63, 3.8) is 0 Å². The predicted molar refractivity (Wildman–Crippen MR) is 89.4 cm³/mol. The number of aromatic amines is 1. The topological polar surface area (TPSA) is 85.0 Å². The van der Waals surface area contributed by atoms with Crippen molar-refractivity contribution in [2.24, 2.45) is 0 Å². The fraction of sp³-hybridized carbons (Fsp3) is 0.562. The number of halogens is 2. The lowest BCUT2D eigenvalue weighted by Gasteiger charge is -2.17. The third-order valence-corrected chi connectivity index (χ3v) is 3.42. The Bertz CT molecular complexity index is 638. The molecular formula is C16H23F2N5O2. The summed E-state index contributed by atoms with van der Waals surface area (Å²) in [6.45, 7) is 1.33. The van der Waals surface area contributed by atoms with E-state index in [0.717, 1.165) is 32.1 Å². The highest BCUT2D eigenvalue weighted by molar-refractivity contribution is 5.51. The zero-order chi connectivity index (χ0) is 18.1. The highest BCUT2D eigenvalue weighted by atomic mass is 19.3. The molecule has 2 aromatic rings. The van der Waals surface area contributed by atoms with Crippen LogP contribution in [0.5, 0.6) is 11.8 Å². The highest BCUT2D eigenvalue weighted by Gasteiger charge is 2.12. The summed E-state index contributed by atoms with van der Waals surface area (Å²) in [6, 6.07) is 1.31. The van der Waals surface area contributed by atoms with Gasteiger partial charge in [0.15, 0.2) is 5.82 Å². The maximum atomic E-state index is 12.1. The van der Waals surface area contributed by atoms with Crippen LogP contribution in [0.1, 0.15) is 46.0 Å². The molecular weight excluding hydrogens is 332 g/mol. The second kappa shape index (κ2) is 9.75. The van der Waals surface area contributed by atoms with Gasteiger partial charge in [-0.3, -0.25) is 10.1 Å². The Morgan fingerprint density at radius 3 is 2.68 bits per heavy atom. The minimum Gasteiger partial charge on any atom is -0.473 e. The number of anilines is 2. The molecule has 2 N–H and O–H groups in total. The summed E-state index contributed by atoms with van der Waals surface area (Å²) in [6.07, 6.45) is 8.32. The molecule has 0 spiro atoms. The Kier molecular flexibility index (Phi) is 7.36. The van der Waals surface area contributed by atoms with Crippen molar-refractivity contribution in [2.75, 3.05) is 5.32 Å². The van der Waals surface area contributed by atoms with E-state index in [4.69, 9.17) is 4.74 Å².